The second-order valence-electron chi connectivity index (χ2n) is 3.94. The van der Waals surface area contributed by atoms with Crippen molar-refractivity contribution in [2.24, 2.45) is 0 Å². The van der Waals surface area contributed by atoms with Crippen molar-refractivity contribution in [3.05, 3.63) is 28.5 Å². The van der Waals surface area contributed by atoms with Gasteiger partial charge in [0.05, 0.1) is 0 Å². The molecule has 0 amide bonds. The normalized spacial score (nSPS) is 21.1. The van der Waals surface area contributed by atoms with Crippen LogP contribution >= 0.6 is 27.7 Å². The van der Waals surface area contributed by atoms with E-state index in [0.717, 1.165) is 17.1 Å². The lowest BCUT2D eigenvalue weighted by Gasteiger charge is -2.23. The molecule has 2 nitrogen and oxygen atoms in total. The standard InChI is InChI=1S/C11H15BrN2S/c1-14(11-2-3-15-8-11)7-9-4-10(12)6-13-5-9/h4-6,11H,2-3,7-8H2,1H3. The molecule has 15 heavy (non-hydrogen) atoms. The molecule has 1 aliphatic rings. The summed E-state index contributed by atoms with van der Waals surface area (Å²) in [6.07, 6.45) is 5.10. The Balaban J connectivity index is 1.95. The van der Waals surface area contributed by atoms with Crippen LogP contribution in [-0.2, 0) is 6.54 Å². The molecule has 4 heteroatoms. The van der Waals surface area contributed by atoms with E-state index in [1.807, 2.05) is 12.4 Å². The van der Waals surface area contributed by atoms with Gasteiger partial charge in [0.1, 0.15) is 0 Å². The Morgan fingerprint density at radius 1 is 1.60 bits per heavy atom. The van der Waals surface area contributed by atoms with Crippen LogP contribution in [0, 0.1) is 0 Å². The van der Waals surface area contributed by atoms with Crippen LogP contribution in [0.1, 0.15) is 12.0 Å². The molecule has 1 aliphatic heterocycles. The molecule has 0 N–H and O–H groups in total. The van der Waals surface area contributed by atoms with Gasteiger partial charge in [-0.3, -0.25) is 9.88 Å². The number of thioether (sulfide) groups is 1. The van der Waals surface area contributed by atoms with Crippen LogP contribution in [0.3, 0.4) is 0 Å². The van der Waals surface area contributed by atoms with Gasteiger partial charge in [-0.15, -0.1) is 0 Å². The molecule has 0 radical (unpaired) electrons. The monoisotopic (exact) mass is 286 g/mol. The number of nitrogens with zero attached hydrogens (tertiary/aromatic N) is 2. The number of hydrogen-bond acceptors (Lipinski definition) is 3. The van der Waals surface area contributed by atoms with E-state index in [2.05, 4.69) is 50.7 Å². The van der Waals surface area contributed by atoms with E-state index in [-0.39, 0.29) is 0 Å². The molecule has 1 saturated heterocycles. The first kappa shape index (κ1) is 11.4. The van der Waals surface area contributed by atoms with Crippen molar-refractivity contribution in [2.45, 2.75) is 19.0 Å². The maximum Gasteiger partial charge on any atom is 0.0410 e. The van der Waals surface area contributed by atoms with Crippen LogP contribution in [0.25, 0.3) is 0 Å². The second kappa shape index (κ2) is 5.32. The van der Waals surface area contributed by atoms with E-state index < -0.39 is 0 Å². The molecule has 0 bridgehead atoms. The molecular weight excluding hydrogens is 272 g/mol. The lowest BCUT2D eigenvalue weighted by atomic mass is 10.2. The Kier molecular flexibility index (Phi) is 4.05. The molecule has 82 valence electrons. The van der Waals surface area contributed by atoms with Crippen molar-refractivity contribution in [1.82, 2.24) is 9.88 Å². The molecule has 1 fully saturated rings. The summed E-state index contributed by atoms with van der Waals surface area (Å²) in [7, 11) is 2.21. The van der Waals surface area contributed by atoms with Crippen LogP contribution in [0.15, 0.2) is 22.9 Å². The molecule has 0 spiro atoms. The molecule has 2 heterocycles. The Bertz CT molecular complexity index is 326. The predicted octanol–water partition coefficient (Wildman–Crippen LogP) is 2.78. The summed E-state index contributed by atoms with van der Waals surface area (Å²) in [6.45, 7) is 0.998. The van der Waals surface area contributed by atoms with Gasteiger partial charge in [-0.2, -0.15) is 11.8 Å². The third-order valence-electron chi connectivity index (χ3n) is 2.72. The minimum Gasteiger partial charge on any atom is -0.298 e. The highest BCUT2D eigenvalue weighted by Gasteiger charge is 2.19. The average molecular weight is 287 g/mol. The van der Waals surface area contributed by atoms with E-state index >= 15 is 0 Å². The summed E-state index contributed by atoms with van der Waals surface area (Å²) in [5, 5.41) is 0. The molecule has 0 saturated carbocycles. The van der Waals surface area contributed by atoms with E-state index in [1.165, 1.54) is 23.5 Å². The summed E-state index contributed by atoms with van der Waals surface area (Å²) in [5.74, 6) is 2.59. The number of pyridine rings is 1. The Morgan fingerprint density at radius 3 is 3.13 bits per heavy atom. The van der Waals surface area contributed by atoms with Crippen LogP contribution in [0.2, 0.25) is 0 Å². The van der Waals surface area contributed by atoms with Gasteiger partial charge in [-0.25, -0.2) is 0 Å². The molecule has 1 aromatic rings. The van der Waals surface area contributed by atoms with Crippen molar-refractivity contribution in [3.63, 3.8) is 0 Å². The fourth-order valence-corrected chi connectivity index (χ4v) is 3.54. The zero-order valence-electron chi connectivity index (χ0n) is 8.82. The molecule has 1 atom stereocenters. The molecule has 2 rings (SSSR count). The smallest absolute Gasteiger partial charge is 0.0410 e. The van der Waals surface area contributed by atoms with Crippen molar-refractivity contribution >= 4 is 27.7 Å². The van der Waals surface area contributed by atoms with Gasteiger partial charge in [-0.05, 0) is 46.8 Å². The largest absolute Gasteiger partial charge is 0.298 e. The van der Waals surface area contributed by atoms with Crippen molar-refractivity contribution in [3.8, 4) is 0 Å². The van der Waals surface area contributed by atoms with E-state index in [0.29, 0.717) is 0 Å². The van der Waals surface area contributed by atoms with E-state index in [4.69, 9.17) is 0 Å². The van der Waals surface area contributed by atoms with Gasteiger partial charge in [0.2, 0.25) is 0 Å². The number of hydrogen-bond donors (Lipinski definition) is 0. The topological polar surface area (TPSA) is 16.1 Å². The molecule has 1 unspecified atom stereocenters. The third-order valence-corrected chi connectivity index (χ3v) is 4.30. The summed E-state index contributed by atoms with van der Waals surface area (Å²) in [4.78, 5) is 6.62. The summed E-state index contributed by atoms with van der Waals surface area (Å²) in [6, 6.07) is 2.89. The predicted molar refractivity (Wildman–Crippen MR) is 69.1 cm³/mol. The van der Waals surface area contributed by atoms with Gasteiger partial charge in [-0.1, -0.05) is 0 Å². The lowest BCUT2D eigenvalue weighted by molar-refractivity contribution is 0.254. The summed E-state index contributed by atoms with van der Waals surface area (Å²) < 4.78 is 1.06. The number of halogens is 1. The highest BCUT2D eigenvalue weighted by atomic mass is 79.9. The quantitative estimate of drug-likeness (QED) is 0.850. The molecule has 1 aromatic heterocycles. The zero-order valence-corrected chi connectivity index (χ0v) is 11.2. The van der Waals surface area contributed by atoms with Crippen LogP contribution < -0.4 is 0 Å². The third kappa shape index (κ3) is 3.20. The van der Waals surface area contributed by atoms with Gasteiger partial charge in [0, 0.05) is 35.2 Å². The first-order valence-electron chi connectivity index (χ1n) is 5.13. The minimum atomic E-state index is 0.744. The highest BCUT2D eigenvalue weighted by Crippen LogP contribution is 2.22. The summed E-state index contributed by atoms with van der Waals surface area (Å²) >= 11 is 5.51. The highest BCUT2D eigenvalue weighted by molar-refractivity contribution is 9.10. The van der Waals surface area contributed by atoms with Crippen molar-refractivity contribution in [1.29, 1.82) is 0 Å². The van der Waals surface area contributed by atoms with Gasteiger partial charge >= 0.3 is 0 Å². The first-order valence-corrected chi connectivity index (χ1v) is 7.08. The van der Waals surface area contributed by atoms with Gasteiger partial charge in [0.15, 0.2) is 0 Å². The Morgan fingerprint density at radius 2 is 2.47 bits per heavy atom. The van der Waals surface area contributed by atoms with Crippen LogP contribution in [0.4, 0.5) is 0 Å². The molecule has 0 aliphatic carbocycles. The van der Waals surface area contributed by atoms with Gasteiger partial charge < -0.3 is 0 Å². The SMILES string of the molecule is CN(Cc1cncc(Br)c1)C1CCSC1. The average Bonchev–Trinajstić information content (AvgIpc) is 2.70. The maximum absolute atomic E-state index is 4.19. The maximum atomic E-state index is 4.19. The zero-order chi connectivity index (χ0) is 10.7. The Hall–Kier alpha value is -0.0600. The fourth-order valence-electron chi connectivity index (χ4n) is 1.83. The fraction of sp³-hybridized carbons (Fsp3) is 0.545. The van der Waals surface area contributed by atoms with Crippen LogP contribution in [-0.4, -0.2) is 34.5 Å². The van der Waals surface area contributed by atoms with Crippen LogP contribution in [0.5, 0.6) is 0 Å². The van der Waals surface area contributed by atoms with E-state index in [9.17, 15) is 0 Å². The second-order valence-corrected chi connectivity index (χ2v) is 6.01. The number of aromatic nitrogens is 1. The molecular formula is C11H15BrN2S. The summed E-state index contributed by atoms with van der Waals surface area (Å²) in [5.41, 5.74) is 1.28. The minimum absolute atomic E-state index is 0.744. The number of rotatable bonds is 3. The Labute approximate surface area is 104 Å². The molecule has 0 aromatic carbocycles. The lowest BCUT2D eigenvalue weighted by Crippen LogP contribution is -2.30. The van der Waals surface area contributed by atoms with E-state index in [1.54, 1.807) is 0 Å². The van der Waals surface area contributed by atoms with Gasteiger partial charge in [0.25, 0.3) is 0 Å². The van der Waals surface area contributed by atoms with Crippen molar-refractivity contribution < 1.29 is 0 Å². The first-order chi connectivity index (χ1) is 7.25. The van der Waals surface area contributed by atoms with Crippen molar-refractivity contribution in [2.75, 3.05) is 18.6 Å².